The van der Waals surface area contributed by atoms with Crippen LogP contribution in [0.25, 0.3) is 0 Å². The lowest BCUT2D eigenvalue weighted by molar-refractivity contribution is 0.238. The molecule has 0 radical (unpaired) electrons. The molecule has 1 atom stereocenters. The van der Waals surface area contributed by atoms with E-state index in [9.17, 15) is 0 Å². The van der Waals surface area contributed by atoms with Crippen molar-refractivity contribution in [2.45, 2.75) is 39.3 Å². The van der Waals surface area contributed by atoms with E-state index in [-0.39, 0.29) is 12.6 Å². The van der Waals surface area contributed by atoms with Crippen LogP contribution < -0.4 is 5.32 Å². The van der Waals surface area contributed by atoms with Crippen LogP contribution in [0.5, 0.6) is 0 Å². The average molecular weight is 211 g/mol. The van der Waals surface area contributed by atoms with Crippen molar-refractivity contribution in [3.05, 3.63) is 17.5 Å². The first-order valence-electron chi connectivity index (χ1n) is 5.56. The fraction of sp³-hybridized carbons (Fsp3) is 0.727. The van der Waals surface area contributed by atoms with E-state index in [2.05, 4.69) is 24.3 Å². The Hall–Kier alpha value is -0.870. The molecule has 0 bridgehead atoms. The zero-order chi connectivity index (χ0) is 11.3. The molecule has 4 nitrogen and oxygen atoms in total. The van der Waals surface area contributed by atoms with Gasteiger partial charge in [0.25, 0.3) is 0 Å². The van der Waals surface area contributed by atoms with E-state index >= 15 is 0 Å². The number of hydrogen-bond donors (Lipinski definition) is 2. The molecule has 2 N–H and O–H groups in total. The Morgan fingerprint density at radius 2 is 2.27 bits per heavy atom. The summed E-state index contributed by atoms with van der Waals surface area (Å²) >= 11 is 0. The Kier molecular flexibility index (Phi) is 4.78. The highest BCUT2D eigenvalue weighted by molar-refractivity contribution is 5.16. The van der Waals surface area contributed by atoms with E-state index < -0.39 is 0 Å². The second-order valence-corrected chi connectivity index (χ2v) is 3.80. The van der Waals surface area contributed by atoms with Gasteiger partial charge in [0.15, 0.2) is 0 Å². The van der Waals surface area contributed by atoms with Crippen molar-refractivity contribution < 1.29 is 5.11 Å². The standard InChI is InChI=1S/C11H21N3O/c1-4-10(8-15)12-6-9-7-14(3)13-11(9)5-2/h7,10,12,15H,4-6,8H2,1-3H3/t10-/m1/s1. The molecule has 0 spiro atoms. The predicted octanol–water partition coefficient (Wildman–Crippen LogP) is 0.843. The molecule has 0 aliphatic heterocycles. The van der Waals surface area contributed by atoms with Crippen LogP contribution in [-0.4, -0.2) is 27.5 Å². The van der Waals surface area contributed by atoms with Crippen LogP contribution in [0.3, 0.4) is 0 Å². The maximum absolute atomic E-state index is 9.05. The predicted molar refractivity (Wildman–Crippen MR) is 60.6 cm³/mol. The number of nitrogens with zero attached hydrogens (tertiary/aromatic N) is 2. The molecule has 86 valence electrons. The molecule has 1 heterocycles. The van der Waals surface area contributed by atoms with Crippen molar-refractivity contribution in [2.24, 2.45) is 7.05 Å². The third kappa shape index (κ3) is 3.32. The van der Waals surface area contributed by atoms with Gasteiger partial charge >= 0.3 is 0 Å². The van der Waals surface area contributed by atoms with E-state index in [0.29, 0.717) is 0 Å². The molecular weight excluding hydrogens is 190 g/mol. The van der Waals surface area contributed by atoms with Crippen molar-refractivity contribution in [1.29, 1.82) is 0 Å². The summed E-state index contributed by atoms with van der Waals surface area (Å²) in [7, 11) is 1.94. The van der Waals surface area contributed by atoms with Gasteiger partial charge in [-0.05, 0) is 12.8 Å². The van der Waals surface area contributed by atoms with Gasteiger partial charge in [-0.2, -0.15) is 5.10 Å². The molecular formula is C11H21N3O. The van der Waals surface area contributed by atoms with Crippen LogP contribution in [0.4, 0.5) is 0 Å². The van der Waals surface area contributed by atoms with Crippen molar-refractivity contribution >= 4 is 0 Å². The number of nitrogens with one attached hydrogen (secondary N) is 1. The van der Waals surface area contributed by atoms with Gasteiger partial charge in [-0.3, -0.25) is 4.68 Å². The summed E-state index contributed by atoms with van der Waals surface area (Å²) in [5.41, 5.74) is 2.37. The molecule has 1 rings (SSSR count). The van der Waals surface area contributed by atoms with Gasteiger partial charge in [0.1, 0.15) is 0 Å². The second kappa shape index (κ2) is 5.88. The molecule has 0 amide bonds. The molecule has 0 saturated heterocycles. The first-order valence-corrected chi connectivity index (χ1v) is 5.56. The first kappa shape index (κ1) is 12.2. The lowest BCUT2D eigenvalue weighted by Gasteiger charge is -2.13. The fourth-order valence-electron chi connectivity index (χ4n) is 1.62. The Morgan fingerprint density at radius 3 is 2.80 bits per heavy atom. The monoisotopic (exact) mass is 211 g/mol. The molecule has 0 aromatic carbocycles. The molecule has 4 heteroatoms. The summed E-state index contributed by atoms with van der Waals surface area (Å²) in [6.07, 6.45) is 3.93. The zero-order valence-corrected chi connectivity index (χ0v) is 9.82. The van der Waals surface area contributed by atoms with E-state index in [4.69, 9.17) is 5.11 Å². The average Bonchev–Trinajstić information content (AvgIpc) is 2.60. The fourth-order valence-corrected chi connectivity index (χ4v) is 1.62. The molecule has 1 aromatic heterocycles. The highest BCUT2D eigenvalue weighted by Crippen LogP contribution is 2.07. The number of hydrogen-bond acceptors (Lipinski definition) is 3. The Balaban J connectivity index is 2.55. The molecule has 15 heavy (non-hydrogen) atoms. The van der Waals surface area contributed by atoms with E-state index in [1.54, 1.807) is 0 Å². The van der Waals surface area contributed by atoms with Gasteiger partial charge in [0.05, 0.1) is 12.3 Å². The molecule has 0 aliphatic carbocycles. The summed E-state index contributed by atoms with van der Waals surface area (Å²) in [5.74, 6) is 0. The Labute approximate surface area is 91.3 Å². The summed E-state index contributed by atoms with van der Waals surface area (Å²) in [6.45, 7) is 5.15. The van der Waals surface area contributed by atoms with Crippen molar-refractivity contribution in [3.8, 4) is 0 Å². The normalized spacial score (nSPS) is 13.1. The van der Waals surface area contributed by atoms with Gasteiger partial charge in [0, 0.05) is 31.4 Å². The summed E-state index contributed by atoms with van der Waals surface area (Å²) in [5, 5.41) is 16.7. The van der Waals surface area contributed by atoms with Crippen molar-refractivity contribution in [3.63, 3.8) is 0 Å². The number of aliphatic hydroxyl groups excluding tert-OH is 1. The SMILES string of the molecule is CCc1nn(C)cc1CN[C@H](CC)CO. The summed E-state index contributed by atoms with van der Waals surface area (Å²) in [4.78, 5) is 0. The van der Waals surface area contributed by atoms with Crippen molar-refractivity contribution in [2.75, 3.05) is 6.61 Å². The largest absolute Gasteiger partial charge is 0.395 e. The minimum atomic E-state index is 0.190. The summed E-state index contributed by atoms with van der Waals surface area (Å²) < 4.78 is 1.84. The molecule has 0 saturated carbocycles. The number of rotatable bonds is 6. The smallest absolute Gasteiger partial charge is 0.0666 e. The van der Waals surface area contributed by atoms with Crippen LogP contribution in [0, 0.1) is 0 Å². The van der Waals surface area contributed by atoms with Crippen LogP contribution in [0.15, 0.2) is 6.20 Å². The van der Waals surface area contributed by atoms with Gasteiger partial charge < -0.3 is 10.4 Å². The lowest BCUT2D eigenvalue weighted by atomic mass is 10.2. The van der Waals surface area contributed by atoms with Crippen LogP contribution in [0.1, 0.15) is 31.5 Å². The number of aliphatic hydroxyl groups is 1. The van der Waals surface area contributed by atoms with Crippen LogP contribution in [0.2, 0.25) is 0 Å². The topological polar surface area (TPSA) is 50.1 Å². The first-order chi connectivity index (χ1) is 7.21. The Bertz CT molecular complexity index is 292. The third-order valence-electron chi connectivity index (χ3n) is 2.62. The van der Waals surface area contributed by atoms with Gasteiger partial charge in [-0.15, -0.1) is 0 Å². The second-order valence-electron chi connectivity index (χ2n) is 3.80. The van der Waals surface area contributed by atoms with E-state index in [1.165, 1.54) is 5.56 Å². The van der Waals surface area contributed by atoms with E-state index in [1.807, 2.05) is 17.9 Å². The van der Waals surface area contributed by atoms with Gasteiger partial charge in [0.2, 0.25) is 0 Å². The molecule has 0 fully saturated rings. The van der Waals surface area contributed by atoms with Crippen molar-refractivity contribution in [1.82, 2.24) is 15.1 Å². The van der Waals surface area contributed by atoms with Gasteiger partial charge in [-0.1, -0.05) is 13.8 Å². The third-order valence-corrected chi connectivity index (χ3v) is 2.62. The van der Waals surface area contributed by atoms with E-state index in [0.717, 1.165) is 25.1 Å². The minimum Gasteiger partial charge on any atom is -0.395 e. The summed E-state index contributed by atoms with van der Waals surface area (Å²) in [6, 6.07) is 0.190. The quantitative estimate of drug-likeness (QED) is 0.733. The number of aromatic nitrogens is 2. The van der Waals surface area contributed by atoms with Crippen LogP contribution in [-0.2, 0) is 20.0 Å². The highest BCUT2D eigenvalue weighted by Gasteiger charge is 2.08. The zero-order valence-electron chi connectivity index (χ0n) is 9.82. The maximum atomic E-state index is 9.05. The highest BCUT2D eigenvalue weighted by atomic mass is 16.3. The van der Waals surface area contributed by atoms with Crippen LogP contribution >= 0.6 is 0 Å². The molecule has 0 unspecified atom stereocenters. The minimum absolute atomic E-state index is 0.190. The number of aryl methyl sites for hydroxylation is 2. The maximum Gasteiger partial charge on any atom is 0.0666 e. The Morgan fingerprint density at radius 1 is 1.53 bits per heavy atom. The lowest BCUT2D eigenvalue weighted by Crippen LogP contribution is -2.31. The van der Waals surface area contributed by atoms with Gasteiger partial charge in [-0.25, -0.2) is 0 Å². The molecule has 1 aromatic rings. The molecule has 0 aliphatic rings.